The fraction of sp³-hybridized carbons (Fsp3) is 0.286. The number of aldehydes is 1. The Kier molecular flexibility index (Phi) is 5.77. The zero-order valence-corrected chi connectivity index (χ0v) is 20.6. The molecule has 0 bridgehead atoms. The number of nitrogens with two attached hydrogens (primary N) is 1. The largest absolute Gasteiger partial charge is 0.508 e. The Morgan fingerprint density at radius 1 is 1.08 bits per heavy atom. The van der Waals surface area contributed by atoms with E-state index in [0.29, 0.717) is 28.5 Å². The lowest BCUT2D eigenvalue weighted by Crippen LogP contribution is -2.65. The molecule has 4 atom stereocenters. The minimum absolute atomic E-state index is 0.00490. The number of carbonyl (C=O) groups excluding carboxylic acids is 4. The molecule has 3 aliphatic carbocycles. The van der Waals surface area contributed by atoms with Gasteiger partial charge in [-0.2, -0.15) is 0 Å². The van der Waals surface area contributed by atoms with E-state index in [-0.39, 0.29) is 29.7 Å². The number of ketones is 2. The van der Waals surface area contributed by atoms with E-state index in [1.807, 2.05) is 0 Å². The number of amides is 1. The molecule has 5 rings (SSSR count). The van der Waals surface area contributed by atoms with Gasteiger partial charge in [0.2, 0.25) is 5.78 Å². The summed E-state index contributed by atoms with van der Waals surface area (Å²) in [5, 5.41) is 44.6. The molecule has 196 valence electrons. The topological polar surface area (TPSA) is 178 Å². The van der Waals surface area contributed by atoms with Crippen molar-refractivity contribution in [3.8, 4) is 16.9 Å². The van der Waals surface area contributed by atoms with Gasteiger partial charge >= 0.3 is 0 Å². The minimum Gasteiger partial charge on any atom is -0.508 e. The van der Waals surface area contributed by atoms with Crippen molar-refractivity contribution in [3.05, 3.63) is 70.0 Å². The Balaban J connectivity index is 1.72. The molecule has 0 aromatic heterocycles. The van der Waals surface area contributed by atoms with Gasteiger partial charge in [0, 0.05) is 17.1 Å². The second-order valence-corrected chi connectivity index (χ2v) is 10.2. The summed E-state index contributed by atoms with van der Waals surface area (Å²) in [6.07, 6.45) is 0.893. The number of primary amides is 1. The third kappa shape index (κ3) is 3.34. The predicted octanol–water partition coefficient (Wildman–Crippen LogP) is 1.44. The van der Waals surface area contributed by atoms with E-state index < -0.39 is 58.0 Å². The number of benzene rings is 2. The number of carbonyl (C=O) groups is 4. The number of aromatic hydroxyl groups is 1. The molecule has 1 amide bonds. The van der Waals surface area contributed by atoms with Crippen LogP contribution in [-0.2, 0) is 20.8 Å². The Morgan fingerprint density at radius 2 is 1.74 bits per heavy atom. The number of hydrogen-bond acceptors (Lipinski definition) is 9. The molecule has 0 radical (unpaired) electrons. The van der Waals surface area contributed by atoms with E-state index >= 15 is 0 Å². The summed E-state index contributed by atoms with van der Waals surface area (Å²) in [6, 6.07) is 8.62. The van der Waals surface area contributed by atoms with Crippen LogP contribution in [0.4, 0.5) is 0 Å². The van der Waals surface area contributed by atoms with E-state index in [4.69, 9.17) is 5.73 Å². The van der Waals surface area contributed by atoms with Gasteiger partial charge in [-0.15, -0.1) is 0 Å². The van der Waals surface area contributed by atoms with Crippen molar-refractivity contribution < 1.29 is 39.6 Å². The number of nitrogens with zero attached hydrogens (tertiary/aromatic N) is 1. The Hall–Kier alpha value is -4.28. The Bertz CT molecular complexity index is 1490. The van der Waals surface area contributed by atoms with Crippen molar-refractivity contribution in [1.82, 2.24) is 4.90 Å². The molecular weight excluding hydrogens is 492 g/mol. The van der Waals surface area contributed by atoms with Crippen LogP contribution in [0.1, 0.15) is 27.9 Å². The fourth-order valence-electron chi connectivity index (χ4n) is 6.26. The molecule has 10 nitrogen and oxygen atoms in total. The average Bonchev–Trinajstić information content (AvgIpc) is 2.86. The third-order valence-electron chi connectivity index (χ3n) is 7.96. The van der Waals surface area contributed by atoms with Gasteiger partial charge in [0.05, 0.1) is 11.6 Å². The smallest absolute Gasteiger partial charge is 0.255 e. The lowest BCUT2D eigenvalue weighted by atomic mass is 9.57. The molecule has 0 spiro atoms. The highest BCUT2D eigenvalue weighted by Gasteiger charge is 2.64. The van der Waals surface area contributed by atoms with Gasteiger partial charge in [0.1, 0.15) is 29.1 Å². The molecule has 0 saturated heterocycles. The van der Waals surface area contributed by atoms with Crippen molar-refractivity contribution in [2.45, 2.75) is 24.5 Å². The maximum absolute atomic E-state index is 13.9. The molecule has 10 heteroatoms. The highest BCUT2D eigenvalue weighted by molar-refractivity contribution is 6.24. The van der Waals surface area contributed by atoms with E-state index in [9.17, 15) is 39.6 Å². The van der Waals surface area contributed by atoms with E-state index in [2.05, 4.69) is 0 Å². The van der Waals surface area contributed by atoms with Crippen LogP contribution in [0, 0.1) is 11.8 Å². The van der Waals surface area contributed by atoms with Gasteiger partial charge in [0.15, 0.2) is 11.4 Å². The first kappa shape index (κ1) is 25.4. The van der Waals surface area contributed by atoms with Crippen LogP contribution in [0.15, 0.2) is 53.3 Å². The second kappa shape index (κ2) is 8.64. The van der Waals surface area contributed by atoms with Gasteiger partial charge in [-0.25, -0.2) is 0 Å². The Labute approximate surface area is 217 Å². The number of aliphatic hydroxyl groups excluding tert-OH is 2. The Morgan fingerprint density at radius 3 is 2.32 bits per heavy atom. The number of phenolic OH excluding ortho intramolecular Hbond substituents is 1. The van der Waals surface area contributed by atoms with Crippen LogP contribution in [0.2, 0.25) is 0 Å². The minimum atomic E-state index is -2.68. The highest BCUT2D eigenvalue weighted by atomic mass is 16.3. The summed E-state index contributed by atoms with van der Waals surface area (Å²) < 4.78 is 0. The quantitative estimate of drug-likeness (QED) is 0.296. The summed E-state index contributed by atoms with van der Waals surface area (Å²) in [6.45, 7) is 0. The molecule has 0 unspecified atom stereocenters. The molecule has 0 aliphatic heterocycles. The van der Waals surface area contributed by atoms with Crippen LogP contribution >= 0.6 is 0 Å². The van der Waals surface area contributed by atoms with E-state index in [1.165, 1.54) is 11.0 Å². The van der Waals surface area contributed by atoms with Crippen molar-refractivity contribution in [1.29, 1.82) is 0 Å². The molecular formula is C28H26N2O8. The number of likely N-dealkylation sites (N-methyl/N-ethyl adjacent to an activating group) is 1. The highest BCUT2D eigenvalue weighted by Crippen LogP contribution is 2.53. The molecule has 0 heterocycles. The van der Waals surface area contributed by atoms with Gasteiger partial charge in [-0.1, -0.05) is 30.3 Å². The van der Waals surface area contributed by atoms with Crippen molar-refractivity contribution in [2.75, 3.05) is 14.1 Å². The summed E-state index contributed by atoms with van der Waals surface area (Å²) in [4.78, 5) is 51.7. The SMILES string of the molecule is CN(C)[C@H]1C(=O)C(C(N)=O)=C(O)[C@]2(O)C(=O)C3=C(O)c4c(O)ccc(-c5ccc(C=O)cc5)c4C[C@@H]3C[C@H]12. The molecule has 1 fully saturated rings. The van der Waals surface area contributed by atoms with Crippen molar-refractivity contribution in [3.63, 3.8) is 0 Å². The summed E-state index contributed by atoms with van der Waals surface area (Å²) in [5.74, 6) is -6.92. The number of hydrogen-bond donors (Lipinski definition) is 5. The molecule has 38 heavy (non-hydrogen) atoms. The summed E-state index contributed by atoms with van der Waals surface area (Å²) >= 11 is 0. The normalized spacial score (nSPS) is 26.7. The molecule has 6 N–H and O–H groups in total. The average molecular weight is 519 g/mol. The maximum atomic E-state index is 13.9. The maximum Gasteiger partial charge on any atom is 0.255 e. The fourth-order valence-corrected chi connectivity index (χ4v) is 6.26. The van der Waals surface area contributed by atoms with Gasteiger partial charge in [-0.3, -0.25) is 24.1 Å². The number of Topliss-reactive ketones (excluding diaryl/α,β-unsaturated/α-hetero) is 2. The first-order chi connectivity index (χ1) is 17.9. The number of phenols is 1. The lowest BCUT2D eigenvalue weighted by molar-refractivity contribution is -0.153. The molecule has 1 saturated carbocycles. The van der Waals surface area contributed by atoms with Crippen molar-refractivity contribution in [2.24, 2.45) is 17.6 Å². The van der Waals surface area contributed by atoms with Crippen molar-refractivity contribution >= 4 is 29.5 Å². The van der Waals surface area contributed by atoms with Crippen LogP contribution in [0.3, 0.4) is 0 Å². The lowest BCUT2D eigenvalue weighted by Gasteiger charge is -2.50. The van der Waals surface area contributed by atoms with E-state index in [0.717, 1.165) is 0 Å². The van der Waals surface area contributed by atoms with Gasteiger partial charge < -0.3 is 26.2 Å². The summed E-state index contributed by atoms with van der Waals surface area (Å²) in [5.41, 5.74) is 4.02. The molecule has 2 aromatic carbocycles. The van der Waals surface area contributed by atoms with Crippen LogP contribution in [0.25, 0.3) is 16.9 Å². The van der Waals surface area contributed by atoms with Gasteiger partial charge in [0.25, 0.3) is 5.91 Å². The van der Waals surface area contributed by atoms with E-state index in [1.54, 1.807) is 44.4 Å². The number of aliphatic hydroxyl groups is 3. The molecule has 2 aromatic rings. The third-order valence-corrected chi connectivity index (χ3v) is 7.96. The number of fused-ring (bicyclic) bond motifs is 3. The van der Waals surface area contributed by atoms with Gasteiger partial charge in [-0.05, 0) is 55.6 Å². The van der Waals surface area contributed by atoms with Crippen LogP contribution in [-0.4, -0.2) is 74.8 Å². The zero-order valence-electron chi connectivity index (χ0n) is 20.6. The predicted molar refractivity (Wildman–Crippen MR) is 135 cm³/mol. The van der Waals surface area contributed by atoms with Crippen LogP contribution < -0.4 is 5.73 Å². The standard InChI is InChI=1S/C28H26N2O8/c1-30(2)22-17-10-14-9-16-15(13-5-3-12(11-31)4-6-13)7-8-18(32)20(16)23(33)19(14)25(35)28(17,38)26(36)21(24(22)34)27(29)37/h3-8,11,14,17,22,32-33,36,38H,9-10H2,1-2H3,(H2,29,37)/t14-,17-,22-,28-/m1/s1. The number of rotatable bonds is 4. The zero-order chi connectivity index (χ0) is 27.7. The monoisotopic (exact) mass is 518 g/mol. The molecule has 3 aliphatic rings. The van der Waals surface area contributed by atoms with Crippen LogP contribution in [0.5, 0.6) is 5.75 Å². The first-order valence-corrected chi connectivity index (χ1v) is 12.0. The summed E-state index contributed by atoms with van der Waals surface area (Å²) in [7, 11) is 3.10. The first-order valence-electron chi connectivity index (χ1n) is 12.0. The second-order valence-electron chi connectivity index (χ2n) is 10.2.